The van der Waals surface area contributed by atoms with Crippen LogP contribution in [-0.2, 0) is 15.6 Å². The number of aliphatic carboxylic acids is 1. The van der Waals surface area contributed by atoms with E-state index in [4.69, 9.17) is 0 Å². The van der Waals surface area contributed by atoms with E-state index in [-0.39, 0.29) is 0 Å². The van der Waals surface area contributed by atoms with Gasteiger partial charge in [0.05, 0.1) is 0 Å². The van der Waals surface area contributed by atoms with Crippen LogP contribution in [0.2, 0.25) is 19.6 Å². The van der Waals surface area contributed by atoms with E-state index >= 15 is 0 Å². The first-order valence-corrected chi connectivity index (χ1v) is 13.9. The monoisotopic (exact) mass is 418 g/mol. The molecule has 0 heterocycles. The number of carboxylic acids is 1. The molecular formula is C28H22O2Si. The molecule has 0 aromatic heterocycles. The second kappa shape index (κ2) is 6.48. The van der Waals surface area contributed by atoms with Crippen molar-refractivity contribution in [2.45, 2.75) is 30.5 Å². The molecular weight excluding hydrogens is 396 g/mol. The predicted molar refractivity (Wildman–Crippen MR) is 126 cm³/mol. The first kappa shape index (κ1) is 19.4. The Morgan fingerprint density at radius 2 is 1.00 bits per heavy atom. The van der Waals surface area contributed by atoms with Crippen molar-refractivity contribution >= 4 is 14.0 Å². The molecule has 0 unspecified atom stereocenters. The summed E-state index contributed by atoms with van der Waals surface area (Å²) in [7, 11) is -1.67. The molecule has 0 saturated carbocycles. The standard InChI is InChI=1S/C28H22O2Si/c1-31(2,3)19-18-28-23-13-7-4-10-20(23)27(17-16-26(29)30,21-11-5-8-14-24(21)28)22-12-6-9-15-25(22)28/h4-15H,1-3H3,(H,29,30). The third-order valence-electron chi connectivity index (χ3n) is 6.19. The van der Waals surface area contributed by atoms with Crippen LogP contribution in [0.4, 0.5) is 0 Å². The van der Waals surface area contributed by atoms with Gasteiger partial charge in [0.2, 0.25) is 0 Å². The number of carboxylic acid groups (broad SMARTS) is 1. The average molecular weight is 419 g/mol. The van der Waals surface area contributed by atoms with Crippen LogP contribution in [0.1, 0.15) is 33.4 Å². The highest BCUT2D eigenvalue weighted by molar-refractivity contribution is 6.83. The van der Waals surface area contributed by atoms with Gasteiger partial charge in [-0.1, -0.05) is 104 Å². The van der Waals surface area contributed by atoms with E-state index in [1.165, 1.54) is 0 Å². The highest BCUT2D eigenvalue weighted by Gasteiger charge is 2.57. The predicted octanol–water partition coefficient (Wildman–Crippen LogP) is 4.95. The summed E-state index contributed by atoms with van der Waals surface area (Å²) in [6.07, 6.45) is 0. The molecule has 3 aromatic rings. The lowest BCUT2D eigenvalue weighted by Crippen LogP contribution is -2.50. The fourth-order valence-corrected chi connectivity index (χ4v) is 5.68. The van der Waals surface area contributed by atoms with E-state index in [0.29, 0.717) is 0 Å². The minimum Gasteiger partial charge on any atom is -0.472 e. The van der Waals surface area contributed by atoms with Gasteiger partial charge in [-0.3, -0.25) is 0 Å². The van der Waals surface area contributed by atoms with Crippen LogP contribution < -0.4 is 0 Å². The maximum Gasteiger partial charge on any atom is 0.381 e. The van der Waals surface area contributed by atoms with Gasteiger partial charge in [0.15, 0.2) is 0 Å². The molecule has 3 aromatic carbocycles. The zero-order valence-electron chi connectivity index (χ0n) is 17.8. The largest absolute Gasteiger partial charge is 0.472 e. The Hall–Kier alpha value is -3.53. The van der Waals surface area contributed by atoms with Crippen molar-refractivity contribution in [2.75, 3.05) is 0 Å². The van der Waals surface area contributed by atoms with Crippen molar-refractivity contribution in [1.29, 1.82) is 0 Å². The van der Waals surface area contributed by atoms with Crippen LogP contribution in [-0.4, -0.2) is 19.1 Å². The molecule has 2 bridgehead atoms. The molecule has 6 rings (SSSR count). The maximum atomic E-state index is 11.5. The van der Waals surface area contributed by atoms with Crippen molar-refractivity contribution in [3.05, 3.63) is 106 Å². The first-order chi connectivity index (χ1) is 14.8. The highest BCUT2D eigenvalue weighted by Crippen LogP contribution is 2.61. The van der Waals surface area contributed by atoms with Gasteiger partial charge in [0, 0.05) is 5.92 Å². The molecule has 0 saturated heterocycles. The number of carbonyl (C=O) groups is 1. The second-order valence-corrected chi connectivity index (χ2v) is 13.9. The fourth-order valence-electron chi connectivity index (χ4n) is 5.11. The summed E-state index contributed by atoms with van der Waals surface area (Å²) in [5.74, 6) is 8.29. The molecule has 3 aliphatic carbocycles. The molecule has 3 aliphatic rings. The Bertz CT molecular complexity index is 1250. The number of benzene rings is 3. The van der Waals surface area contributed by atoms with Crippen LogP contribution in [0.3, 0.4) is 0 Å². The normalized spacial score (nSPS) is 22.0. The van der Waals surface area contributed by atoms with E-state index in [9.17, 15) is 9.90 Å². The number of hydrogen-bond donors (Lipinski definition) is 1. The lowest BCUT2D eigenvalue weighted by molar-refractivity contribution is -0.130. The summed E-state index contributed by atoms with van der Waals surface area (Å²) in [5.41, 5.74) is 8.66. The molecule has 3 heteroatoms. The fraction of sp³-hybridized carbons (Fsp3) is 0.179. The van der Waals surface area contributed by atoms with Crippen LogP contribution in [0.5, 0.6) is 0 Å². The number of hydrogen-bond acceptors (Lipinski definition) is 1. The van der Waals surface area contributed by atoms with E-state index in [1.54, 1.807) is 0 Å². The zero-order valence-corrected chi connectivity index (χ0v) is 18.8. The maximum absolute atomic E-state index is 11.5. The Morgan fingerprint density at radius 3 is 1.29 bits per heavy atom. The molecule has 0 aliphatic heterocycles. The van der Waals surface area contributed by atoms with Gasteiger partial charge in [-0.15, -0.1) is 5.54 Å². The lowest BCUT2D eigenvalue weighted by Gasteiger charge is -2.52. The van der Waals surface area contributed by atoms with Gasteiger partial charge in [-0.25, -0.2) is 4.79 Å². The Labute approximate surface area is 184 Å². The number of rotatable bonds is 0. The van der Waals surface area contributed by atoms with Gasteiger partial charge in [0.1, 0.15) is 18.9 Å². The molecule has 0 atom stereocenters. The topological polar surface area (TPSA) is 37.3 Å². The van der Waals surface area contributed by atoms with Crippen molar-refractivity contribution in [2.24, 2.45) is 0 Å². The quantitative estimate of drug-likeness (QED) is 0.414. The van der Waals surface area contributed by atoms with E-state index < -0.39 is 24.9 Å². The Balaban J connectivity index is 2.03. The van der Waals surface area contributed by atoms with Gasteiger partial charge >= 0.3 is 5.97 Å². The molecule has 150 valence electrons. The van der Waals surface area contributed by atoms with Crippen molar-refractivity contribution in [3.63, 3.8) is 0 Å². The van der Waals surface area contributed by atoms with Gasteiger partial charge < -0.3 is 5.11 Å². The van der Waals surface area contributed by atoms with Gasteiger partial charge in [0.25, 0.3) is 0 Å². The molecule has 0 radical (unpaired) electrons. The molecule has 0 fully saturated rings. The Morgan fingerprint density at radius 1 is 0.677 bits per heavy atom. The summed E-state index contributed by atoms with van der Waals surface area (Å²) >= 11 is 0. The summed E-state index contributed by atoms with van der Waals surface area (Å²) < 4.78 is 0. The summed E-state index contributed by atoms with van der Waals surface area (Å²) in [6, 6.07) is 24.8. The summed E-state index contributed by atoms with van der Waals surface area (Å²) in [4.78, 5) is 11.5. The van der Waals surface area contributed by atoms with Crippen LogP contribution in [0.25, 0.3) is 0 Å². The van der Waals surface area contributed by atoms with E-state index in [2.05, 4.69) is 79.3 Å². The third-order valence-corrected chi connectivity index (χ3v) is 7.06. The molecule has 2 nitrogen and oxygen atoms in total. The highest BCUT2D eigenvalue weighted by atomic mass is 28.3. The molecule has 0 amide bonds. The third kappa shape index (κ3) is 2.57. The van der Waals surface area contributed by atoms with E-state index in [0.717, 1.165) is 33.4 Å². The summed E-state index contributed by atoms with van der Waals surface area (Å²) in [5, 5.41) is 9.44. The average Bonchev–Trinajstić information content (AvgIpc) is 2.76. The van der Waals surface area contributed by atoms with Crippen molar-refractivity contribution in [3.8, 4) is 23.3 Å². The Kier molecular flexibility index (Phi) is 4.06. The smallest absolute Gasteiger partial charge is 0.381 e. The zero-order chi connectivity index (χ0) is 21.9. The summed E-state index contributed by atoms with van der Waals surface area (Å²) in [6.45, 7) is 6.78. The molecule has 0 spiro atoms. The lowest BCUT2D eigenvalue weighted by atomic mass is 9.47. The SMILES string of the molecule is C[Si](C)(C)C#CC12c3ccccc3C(C#CC(=O)O)(c3ccccc31)c1ccccc12. The van der Waals surface area contributed by atoms with E-state index in [1.807, 2.05) is 36.4 Å². The van der Waals surface area contributed by atoms with Gasteiger partial charge in [-0.2, -0.15) is 0 Å². The minimum absolute atomic E-state index is 0.587. The second-order valence-electron chi connectivity index (χ2n) is 9.19. The van der Waals surface area contributed by atoms with Crippen molar-refractivity contribution < 1.29 is 9.90 Å². The first-order valence-electron chi connectivity index (χ1n) is 10.4. The van der Waals surface area contributed by atoms with Crippen molar-refractivity contribution in [1.82, 2.24) is 0 Å². The molecule has 1 N–H and O–H groups in total. The minimum atomic E-state index is -1.67. The van der Waals surface area contributed by atoms with Crippen LogP contribution in [0.15, 0.2) is 72.8 Å². The van der Waals surface area contributed by atoms with Crippen LogP contribution >= 0.6 is 0 Å². The van der Waals surface area contributed by atoms with Gasteiger partial charge in [-0.05, 0) is 33.4 Å². The van der Waals surface area contributed by atoms with Crippen LogP contribution in [0, 0.1) is 23.3 Å². The molecule has 31 heavy (non-hydrogen) atoms.